The number of amides is 2. The summed E-state index contributed by atoms with van der Waals surface area (Å²) in [5.74, 6) is 1.34. The average Bonchev–Trinajstić information content (AvgIpc) is 2.85. The molecule has 0 radical (unpaired) electrons. The van der Waals surface area contributed by atoms with Crippen molar-refractivity contribution in [1.82, 2.24) is 5.32 Å². The molecule has 2 amide bonds. The first kappa shape index (κ1) is 24.0. The minimum Gasteiger partial charge on any atom is -0.494 e. The van der Waals surface area contributed by atoms with Crippen LogP contribution in [-0.2, 0) is 9.59 Å². The van der Waals surface area contributed by atoms with Gasteiger partial charge in [-0.15, -0.1) is 0 Å². The molecule has 0 saturated carbocycles. The zero-order valence-electron chi connectivity index (χ0n) is 19.3. The van der Waals surface area contributed by atoms with E-state index in [1.807, 2.05) is 44.2 Å². The van der Waals surface area contributed by atoms with Gasteiger partial charge in [-0.1, -0.05) is 18.2 Å². The Morgan fingerprint density at radius 1 is 0.857 bits per heavy atom. The first-order valence-corrected chi connectivity index (χ1v) is 11.5. The second-order valence-electron chi connectivity index (χ2n) is 7.43. The van der Waals surface area contributed by atoms with Crippen molar-refractivity contribution < 1.29 is 23.8 Å². The number of ether oxygens (including phenoxy) is 3. The Hall–Kier alpha value is -4.17. The van der Waals surface area contributed by atoms with E-state index >= 15 is 0 Å². The van der Waals surface area contributed by atoms with Crippen LogP contribution in [0.2, 0.25) is 0 Å². The van der Waals surface area contributed by atoms with E-state index in [-0.39, 0.29) is 10.7 Å². The second kappa shape index (κ2) is 10.8. The number of benzene rings is 3. The van der Waals surface area contributed by atoms with Crippen molar-refractivity contribution in [1.29, 1.82) is 0 Å². The molecule has 1 saturated heterocycles. The summed E-state index contributed by atoms with van der Waals surface area (Å²) in [5.41, 5.74) is 1.02. The molecule has 8 heteroatoms. The normalized spacial score (nSPS) is 14.6. The molecule has 1 fully saturated rings. The monoisotopic (exact) mass is 488 g/mol. The maximum atomic E-state index is 13.4. The number of nitrogens with zero attached hydrogens (tertiary/aromatic N) is 1. The number of thiocarbonyl (C=S) groups is 1. The summed E-state index contributed by atoms with van der Waals surface area (Å²) in [6.07, 6.45) is 1.50. The minimum absolute atomic E-state index is 0.00519. The summed E-state index contributed by atoms with van der Waals surface area (Å²) in [6, 6.07) is 21.5. The standard InChI is InChI=1S/C27H24N2O5S/c1-3-32-22-13-10-18(24(17-22)33-4-2)16-23-25(30)28-27(35)29(26(23)31)19-11-14-21(15-12-19)34-20-8-6-5-7-9-20/h5-17H,3-4H2,1-2H3,(H,28,30,35)/b23-16+. The summed E-state index contributed by atoms with van der Waals surface area (Å²) in [5, 5.41) is 2.60. The highest BCUT2D eigenvalue weighted by Crippen LogP contribution is 2.30. The Kier molecular flexibility index (Phi) is 7.42. The molecule has 1 N–H and O–H groups in total. The van der Waals surface area contributed by atoms with Gasteiger partial charge < -0.3 is 14.2 Å². The highest BCUT2D eigenvalue weighted by molar-refractivity contribution is 7.80. The Morgan fingerprint density at radius 2 is 1.51 bits per heavy atom. The van der Waals surface area contributed by atoms with E-state index in [4.69, 9.17) is 26.4 Å². The van der Waals surface area contributed by atoms with E-state index in [0.29, 0.717) is 47.5 Å². The fourth-order valence-electron chi connectivity index (χ4n) is 3.51. The number of carbonyl (C=O) groups excluding carboxylic acids is 2. The van der Waals surface area contributed by atoms with Gasteiger partial charge in [0.25, 0.3) is 11.8 Å². The predicted molar refractivity (Wildman–Crippen MR) is 138 cm³/mol. The van der Waals surface area contributed by atoms with Crippen molar-refractivity contribution in [3.63, 3.8) is 0 Å². The molecule has 178 valence electrons. The van der Waals surface area contributed by atoms with Crippen LogP contribution in [0.4, 0.5) is 5.69 Å². The molecule has 4 rings (SSSR count). The van der Waals surface area contributed by atoms with E-state index in [2.05, 4.69) is 5.32 Å². The molecule has 1 heterocycles. The lowest BCUT2D eigenvalue weighted by atomic mass is 10.1. The smallest absolute Gasteiger partial charge is 0.270 e. The van der Waals surface area contributed by atoms with Crippen LogP contribution in [0.15, 0.2) is 78.4 Å². The third-order valence-corrected chi connectivity index (χ3v) is 5.36. The third-order valence-electron chi connectivity index (χ3n) is 5.07. The van der Waals surface area contributed by atoms with Crippen molar-refractivity contribution >= 4 is 40.9 Å². The van der Waals surface area contributed by atoms with Gasteiger partial charge in [-0.3, -0.25) is 19.8 Å². The first-order chi connectivity index (χ1) is 17.0. The summed E-state index contributed by atoms with van der Waals surface area (Å²) < 4.78 is 17.1. The first-order valence-electron chi connectivity index (χ1n) is 11.1. The number of anilines is 1. The van der Waals surface area contributed by atoms with Gasteiger partial charge in [0.05, 0.1) is 18.9 Å². The van der Waals surface area contributed by atoms with Crippen LogP contribution in [0, 0.1) is 0 Å². The fraction of sp³-hybridized carbons (Fsp3) is 0.148. The lowest BCUT2D eigenvalue weighted by Gasteiger charge is -2.29. The second-order valence-corrected chi connectivity index (χ2v) is 7.82. The number of hydrogen-bond acceptors (Lipinski definition) is 6. The van der Waals surface area contributed by atoms with E-state index in [1.54, 1.807) is 42.5 Å². The van der Waals surface area contributed by atoms with Crippen molar-refractivity contribution in [2.24, 2.45) is 0 Å². The lowest BCUT2D eigenvalue weighted by Crippen LogP contribution is -2.54. The molecular formula is C27H24N2O5S. The fourth-order valence-corrected chi connectivity index (χ4v) is 3.79. The van der Waals surface area contributed by atoms with E-state index in [9.17, 15) is 9.59 Å². The van der Waals surface area contributed by atoms with Crippen molar-refractivity contribution in [2.75, 3.05) is 18.1 Å². The Morgan fingerprint density at radius 3 is 2.20 bits per heavy atom. The molecule has 0 aliphatic carbocycles. The average molecular weight is 489 g/mol. The maximum absolute atomic E-state index is 13.4. The molecule has 35 heavy (non-hydrogen) atoms. The summed E-state index contributed by atoms with van der Waals surface area (Å²) in [6.45, 7) is 4.67. The molecule has 0 atom stereocenters. The van der Waals surface area contributed by atoms with Gasteiger partial charge in [-0.05, 0) is 80.7 Å². The Balaban J connectivity index is 1.62. The molecule has 0 aromatic heterocycles. The van der Waals surface area contributed by atoms with Gasteiger partial charge in [-0.25, -0.2) is 0 Å². The quantitative estimate of drug-likeness (QED) is 0.270. The highest BCUT2D eigenvalue weighted by Gasteiger charge is 2.34. The molecule has 0 spiro atoms. The van der Waals surface area contributed by atoms with E-state index < -0.39 is 11.8 Å². The van der Waals surface area contributed by atoms with Crippen LogP contribution in [0.3, 0.4) is 0 Å². The van der Waals surface area contributed by atoms with Crippen molar-refractivity contribution in [3.8, 4) is 23.0 Å². The molecular weight excluding hydrogens is 464 g/mol. The third kappa shape index (κ3) is 5.50. The van der Waals surface area contributed by atoms with Crippen LogP contribution in [0.5, 0.6) is 23.0 Å². The molecule has 1 aliphatic rings. The van der Waals surface area contributed by atoms with Crippen LogP contribution in [0.1, 0.15) is 19.4 Å². The minimum atomic E-state index is -0.573. The molecule has 0 unspecified atom stereocenters. The van der Waals surface area contributed by atoms with Crippen LogP contribution >= 0.6 is 12.2 Å². The topological polar surface area (TPSA) is 77.1 Å². The van der Waals surface area contributed by atoms with Crippen molar-refractivity contribution in [3.05, 3.63) is 83.9 Å². The molecule has 3 aromatic rings. The lowest BCUT2D eigenvalue weighted by molar-refractivity contribution is -0.122. The van der Waals surface area contributed by atoms with Gasteiger partial charge in [0, 0.05) is 11.6 Å². The van der Waals surface area contributed by atoms with E-state index in [1.165, 1.54) is 11.0 Å². The molecule has 0 bridgehead atoms. The largest absolute Gasteiger partial charge is 0.494 e. The maximum Gasteiger partial charge on any atom is 0.270 e. The van der Waals surface area contributed by atoms with Crippen molar-refractivity contribution in [2.45, 2.75) is 13.8 Å². The summed E-state index contributed by atoms with van der Waals surface area (Å²) in [4.78, 5) is 27.4. The highest BCUT2D eigenvalue weighted by atomic mass is 32.1. The number of nitrogens with one attached hydrogen (secondary N) is 1. The zero-order chi connectivity index (χ0) is 24.8. The van der Waals surface area contributed by atoms with Crippen LogP contribution in [0.25, 0.3) is 6.08 Å². The van der Waals surface area contributed by atoms with Gasteiger partial charge >= 0.3 is 0 Å². The molecule has 3 aromatic carbocycles. The predicted octanol–water partition coefficient (Wildman–Crippen LogP) is 5.11. The van der Waals surface area contributed by atoms with Crippen LogP contribution < -0.4 is 24.4 Å². The number of rotatable bonds is 8. The molecule has 7 nitrogen and oxygen atoms in total. The molecule has 1 aliphatic heterocycles. The Bertz CT molecular complexity index is 1270. The Labute approximate surface area is 208 Å². The van der Waals surface area contributed by atoms with Gasteiger partial charge in [0.15, 0.2) is 5.11 Å². The van der Waals surface area contributed by atoms with Crippen LogP contribution in [-0.4, -0.2) is 30.1 Å². The summed E-state index contributed by atoms with van der Waals surface area (Å²) in [7, 11) is 0. The zero-order valence-corrected chi connectivity index (χ0v) is 20.1. The summed E-state index contributed by atoms with van der Waals surface area (Å²) >= 11 is 5.31. The van der Waals surface area contributed by atoms with Gasteiger partial charge in [-0.2, -0.15) is 0 Å². The number of para-hydroxylation sites is 1. The van der Waals surface area contributed by atoms with E-state index in [0.717, 1.165) is 0 Å². The number of hydrogen-bond donors (Lipinski definition) is 1. The van der Waals surface area contributed by atoms with Gasteiger partial charge in [0.1, 0.15) is 28.6 Å². The van der Waals surface area contributed by atoms with Gasteiger partial charge in [0.2, 0.25) is 0 Å². The number of carbonyl (C=O) groups is 2. The SMILES string of the molecule is CCOc1ccc(/C=C2\C(=O)NC(=S)N(c3ccc(Oc4ccccc4)cc3)C2=O)c(OCC)c1.